The van der Waals surface area contributed by atoms with Crippen molar-refractivity contribution in [2.24, 2.45) is 0 Å². The maximum Gasteiger partial charge on any atom is 0.290 e. The summed E-state index contributed by atoms with van der Waals surface area (Å²) in [5.41, 5.74) is -2.31. The molecule has 1 aliphatic rings. The Morgan fingerprint density at radius 3 is 2.28 bits per heavy atom. The van der Waals surface area contributed by atoms with E-state index in [1.54, 1.807) is 24.3 Å². The maximum atomic E-state index is 14.8. The zero-order valence-corrected chi connectivity index (χ0v) is 22.4. The van der Waals surface area contributed by atoms with Crippen LogP contribution in [0.15, 0.2) is 55.0 Å². The van der Waals surface area contributed by atoms with Crippen LogP contribution in [0.3, 0.4) is 0 Å². The van der Waals surface area contributed by atoms with Crippen LogP contribution >= 0.6 is 0 Å². The van der Waals surface area contributed by atoms with Gasteiger partial charge in [0.25, 0.3) is 18.3 Å². The molecule has 1 atom stereocenters. The molecule has 2 heterocycles. The lowest BCUT2D eigenvalue weighted by Crippen LogP contribution is -2.37. The van der Waals surface area contributed by atoms with Gasteiger partial charge in [0.15, 0.2) is 0 Å². The molecule has 5 rings (SSSR count). The van der Waals surface area contributed by atoms with Crippen LogP contribution in [-0.4, -0.2) is 25.7 Å². The van der Waals surface area contributed by atoms with E-state index in [-0.39, 0.29) is 22.4 Å². The molecule has 14 heteroatoms. The number of carbonyl (C=O) groups excluding carboxylic acids is 1. The summed E-state index contributed by atoms with van der Waals surface area (Å²) >= 11 is 0. The van der Waals surface area contributed by atoms with Gasteiger partial charge in [0, 0.05) is 30.7 Å². The second-order valence-electron chi connectivity index (χ2n) is 10.3. The molecule has 0 aliphatic heterocycles. The number of hydrogen-bond donors (Lipinski definition) is 1. The topological polar surface area (TPSA) is 72.7 Å². The van der Waals surface area contributed by atoms with Crippen LogP contribution in [-0.2, 0) is 29.6 Å². The first kappa shape index (κ1) is 30.1. The van der Waals surface area contributed by atoms with Gasteiger partial charge in [-0.15, -0.1) is 0 Å². The van der Waals surface area contributed by atoms with Crippen LogP contribution in [0, 0.1) is 18.6 Å². The highest BCUT2D eigenvalue weighted by molar-refractivity contribution is 5.77. The van der Waals surface area contributed by atoms with Crippen molar-refractivity contribution in [3.8, 4) is 11.1 Å². The fourth-order valence-electron chi connectivity index (χ4n) is 5.17. The van der Waals surface area contributed by atoms with Crippen LogP contribution in [0.25, 0.3) is 11.1 Å². The Morgan fingerprint density at radius 1 is 0.977 bits per heavy atom. The summed E-state index contributed by atoms with van der Waals surface area (Å²) in [5, 5.41) is 5.83. The molecule has 43 heavy (non-hydrogen) atoms. The summed E-state index contributed by atoms with van der Waals surface area (Å²) in [6.07, 6.45) is -3.94. The zero-order valence-electron chi connectivity index (χ0n) is 22.4. The third-order valence-electron chi connectivity index (χ3n) is 7.08. The first-order valence-corrected chi connectivity index (χ1v) is 13.0. The largest absolute Gasteiger partial charge is 0.346 e. The Bertz CT molecular complexity index is 1640. The second-order valence-corrected chi connectivity index (χ2v) is 10.3. The Morgan fingerprint density at radius 2 is 1.63 bits per heavy atom. The van der Waals surface area contributed by atoms with Gasteiger partial charge in [-0.1, -0.05) is 29.8 Å². The Labute approximate surface area is 239 Å². The van der Waals surface area contributed by atoms with E-state index >= 15 is 0 Å². The zero-order chi connectivity index (χ0) is 31.1. The van der Waals surface area contributed by atoms with Gasteiger partial charge in [0.1, 0.15) is 35.9 Å². The van der Waals surface area contributed by atoms with Gasteiger partial charge in [-0.2, -0.15) is 13.9 Å². The van der Waals surface area contributed by atoms with E-state index in [9.17, 15) is 39.9 Å². The summed E-state index contributed by atoms with van der Waals surface area (Å²) in [7, 11) is 0. The van der Waals surface area contributed by atoms with Crippen molar-refractivity contribution >= 4 is 5.91 Å². The predicted molar refractivity (Wildman–Crippen MR) is 137 cm³/mol. The molecule has 2 aromatic heterocycles. The van der Waals surface area contributed by atoms with Gasteiger partial charge < -0.3 is 5.32 Å². The lowest BCUT2D eigenvalue weighted by Gasteiger charge is -2.29. The minimum Gasteiger partial charge on any atom is -0.346 e. The summed E-state index contributed by atoms with van der Waals surface area (Å²) in [6, 6.07) is 8.66. The molecule has 1 N–H and O–H groups in total. The molecule has 0 bridgehead atoms. The molecule has 0 saturated carbocycles. The van der Waals surface area contributed by atoms with Crippen LogP contribution in [0.4, 0.5) is 35.1 Å². The number of nitrogens with zero attached hydrogens (tertiary/aromatic N) is 4. The number of benzene rings is 2. The molecular formula is C29H23F8N5O. The molecule has 4 aromatic rings. The molecule has 0 saturated heterocycles. The molecule has 0 spiro atoms. The standard InChI is InChI=1S/C29H23F8N5O/c1-15-2-4-17(5-3-15)20-12-38-14-39-24(20)21(10-16-8-18(30)11-19(31)9-16)40-22(43)13-42-26-23(25(41-42)27(32)33)28(34,35)6-7-29(26,36)37/h2-5,8-9,11-12,14,21,27H,6-7,10,13H2,1H3,(H,40,43)/t21-/m0/s1. The summed E-state index contributed by atoms with van der Waals surface area (Å²) in [4.78, 5) is 21.6. The average molecular weight is 610 g/mol. The van der Waals surface area contributed by atoms with Crippen LogP contribution < -0.4 is 5.32 Å². The SMILES string of the molecule is Cc1ccc(-c2cncnc2[C@H](Cc2cc(F)cc(F)c2)NC(=O)Cn2nc(C(F)F)c3c2C(F)(F)CCC3(F)F)cc1. The van der Waals surface area contributed by atoms with Gasteiger partial charge >= 0.3 is 0 Å². The Hall–Kier alpha value is -4.36. The van der Waals surface area contributed by atoms with E-state index in [1.807, 2.05) is 6.92 Å². The van der Waals surface area contributed by atoms with Crippen molar-refractivity contribution in [3.05, 3.63) is 100 Å². The van der Waals surface area contributed by atoms with E-state index < -0.39 is 78.2 Å². The Balaban J connectivity index is 1.54. The third-order valence-corrected chi connectivity index (χ3v) is 7.08. The number of carbonyl (C=O) groups is 1. The van der Waals surface area contributed by atoms with E-state index in [2.05, 4.69) is 20.4 Å². The van der Waals surface area contributed by atoms with Crippen molar-refractivity contribution in [1.82, 2.24) is 25.1 Å². The van der Waals surface area contributed by atoms with Gasteiger partial charge in [-0.3, -0.25) is 9.48 Å². The number of hydrogen-bond acceptors (Lipinski definition) is 4. The molecule has 1 aliphatic carbocycles. The van der Waals surface area contributed by atoms with Gasteiger partial charge in [0.2, 0.25) is 5.91 Å². The molecule has 0 radical (unpaired) electrons. The number of rotatable bonds is 8. The molecule has 0 fully saturated rings. The number of halogens is 8. The van der Waals surface area contributed by atoms with Crippen molar-refractivity contribution in [3.63, 3.8) is 0 Å². The molecule has 226 valence electrons. The minimum atomic E-state index is -4.01. The highest BCUT2D eigenvalue weighted by atomic mass is 19.3. The maximum absolute atomic E-state index is 14.8. The number of amides is 1. The number of fused-ring (bicyclic) bond motifs is 1. The van der Waals surface area contributed by atoms with E-state index in [0.717, 1.165) is 17.7 Å². The average Bonchev–Trinajstić information content (AvgIpc) is 3.33. The summed E-state index contributed by atoms with van der Waals surface area (Å²) in [5.74, 6) is -10.8. The lowest BCUT2D eigenvalue weighted by atomic mass is 9.89. The minimum absolute atomic E-state index is 0.0962. The van der Waals surface area contributed by atoms with Gasteiger partial charge in [-0.25, -0.2) is 36.3 Å². The summed E-state index contributed by atoms with van der Waals surface area (Å²) in [6.45, 7) is 0.736. The quantitative estimate of drug-likeness (QED) is 0.220. The third kappa shape index (κ3) is 6.22. The normalized spacial score (nSPS) is 16.1. The second kappa shape index (κ2) is 11.4. The van der Waals surface area contributed by atoms with Gasteiger partial charge in [0.05, 0.1) is 17.3 Å². The molecule has 0 unspecified atom stereocenters. The van der Waals surface area contributed by atoms with Crippen LogP contribution in [0.1, 0.15) is 59.1 Å². The van der Waals surface area contributed by atoms with Crippen LogP contribution in [0.5, 0.6) is 0 Å². The molecule has 6 nitrogen and oxygen atoms in total. The van der Waals surface area contributed by atoms with Crippen molar-refractivity contribution in [2.75, 3.05) is 0 Å². The smallest absolute Gasteiger partial charge is 0.290 e. The number of alkyl halides is 6. The van der Waals surface area contributed by atoms with Crippen molar-refractivity contribution in [1.29, 1.82) is 0 Å². The molecule has 2 aromatic carbocycles. The monoisotopic (exact) mass is 609 g/mol. The van der Waals surface area contributed by atoms with E-state index in [0.29, 0.717) is 17.2 Å². The van der Waals surface area contributed by atoms with E-state index in [1.165, 1.54) is 12.5 Å². The van der Waals surface area contributed by atoms with E-state index in [4.69, 9.17) is 0 Å². The fraction of sp³-hybridized carbons (Fsp3) is 0.310. The number of nitrogens with one attached hydrogen (secondary N) is 1. The highest BCUT2D eigenvalue weighted by Crippen LogP contribution is 2.52. The van der Waals surface area contributed by atoms with Crippen molar-refractivity contribution in [2.45, 2.75) is 57.0 Å². The highest BCUT2D eigenvalue weighted by Gasteiger charge is 2.55. The first-order chi connectivity index (χ1) is 20.2. The number of aromatic nitrogens is 4. The molecular weight excluding hydrogens is 586 g/mol. The predicted octanol–water partition coefficient (Wildman–Crippen LogP) is 6.94. The fourth-order valence-corrected chi connectivity index (χ4v) is 5.17. The lowest BCUT2D eigenvalue weighted by molar-refractivity contribution is -0.123. The molecule has 1 amide bonds. The first-order valence-electron chi connectivity index (χ1n) is 13.0. The van der Waals surface area contributed by atoms with Crippen molar-refractivity contribution < 1.29 is 39.9 Å². The van der Waals surface area contributed by atoms with Gasteiger partial charge in [-0.05, 0) is 36.6 Å². The Kier molecular flexibility index (Phi) is 7.97. The number of aryl methyl sites for hydroxylation is 1. The summed E-state index contributed by atoms with van der Waals surface area (Å²) < 4.78 is 114. The van der Waals surface area contributed by atoms with Crippen LogP contribution in [0.2, 0.25) is 0 Å².